The van der Waals surface area contributed by atoms with Crippen molar-refractivity contribution in [3.8, 4) is 0 Å². The van der Waals surface area contributed by atoms with E-state index >= 15 is 0 Å². The number of aromatic carboxylic acids is 1. The summed E-state index contributed by atoms with van der Waals surface area (Å²) in [6.45, 7) is 9.23. The second-order valence-corrected chi connectivity index (χ2v) is 6.86. The zero-order valence-electron chi connectivity index (χ0n) is 16.4. The van der Waals surface area contributed by atoms with Crippen LogP contribution in [-0.4, -0.2) is 57.3 Å². The third kappa shape index (κ3) is 8.47. The summed E-state index contributed by atoms with van der Waals surface area (Å²) in [7, 11) is 0. The van der Waals surface area contributed by atoms with Crippen LogP contribution in [0.5, 0.6) is 0 Å². The fourth-order valence-electron chi connectivity index (χ4n) is 2.99. The molecule has 0 aromatic carbocycles. The number of carboxylic acids is 1. The number of unbranched alkanes of at least 4 members (excludes halogenated alkanes) is 4. The Morgan fingerprint density at radius 1 is 1.19 bits per heavy atom. The molecule has 148 valence electrons. The summed E-state index contributed by atoms with van der Waals surface area (Å²) in [6.07, 6.45) is 8.60. The summed E-state index contributed by atoms with van der Waals surface area (Å²) in [5, 5.41) is 15.9. The van der Waals surface area contributed by atoms with Crippen LogP contribution in [-0.2, 0) is 11.3 Å². The lowest BCUT2D eigenvalue weighted by Crippen LogP contribution is -2.44. The van der Waals surface area contributed by atoms with Gasteiger partial charge in [0.15, 0.2) is 0 Å². The lowest BCUT2D eigenvalue weighted by Gasteiger charge is -2.26. The van der Waals surface area contributed by atoms with Gasteiger partial charge < -0.3 is 15.3 Å². The van der Waals surface area contributed by atoms with E-state index in [0.717, 1.165) is 19.6 Å². The Kier molecular flexibility index (Phi) is 10.6. The maximum atomic E-state index is 12.2. The van der Waals surface area contributed by atoms with Crippen molar-refractivity contribution >= 4 is 11.9 Å². The Hall–Kier alpha value is -1.89. The topological polar surface area (TPSA) is 87.5 Å². The molecule has 1 amide bonds. The van der Waals surface area contributed by atoms with Crippen molar-refractivity contribution < 1.29 is 14.7 Å². The van der Waals surface area contributed by atoms with Crippen LogP contribution in [0, 0.1) is 0 Å². The first-order valence-corrected chi connectivity index (χ1v) is 9.74. The van der Waals surface area contributed by atoms with E-state index in [1.165, 1.54) is 55.5 Å². The van der Waals surface area contributed by atoms with E-state index in [2.05, 4.69) is 29.2 Å². The fourth-order valence-corrected chi connectivity index (χ4v) is 2.99. The number of rotatable bonds is 14. The average Bonchev–Trinajstić information content (AvgIpc) is 3.03. The summed E-state index contributed by atoms with van der Waals surface area (Å²) in [5.41, 5.74) is 0.0218. The van der Waals surface area contributed by atoms with Crippen LogP contribution in [0.4, 0.5) is 0 Å². The molecule has 0 saturated carbocycles. The molecule has 1 atom stereocenters. The van der Waals surface area contributed by atoms with Crippen molar-refractivity contribution in [3.05, 3.63) is 18.0 Å². The quantitative estimate of drug-likeness (QED) is 0.494. The highest BCUT2D eigenvalue weighted by molar-refractivity contribution is 5.86. The van der Waals surface area contributed by atoms with Gasteiger partial charge in [-0.05, 0) is 38.9 Å². The van der Waals surface area contributed by atoms with Gasteiger partial charge in [0, 0.05) is 18.8 Å². The first-order chi connectivity index (χ1) is 12.5. The minimum absolute atomic E-state index is 0.00888. The third-order valence-electron chi connectivity index (χ3n) is 4.32. The molecule has 26 heavy (non-hydrogen) atoms. The standard InChI is InChI=1S/C19H34N4O3/c1-4-6-8-12-22(13-9-7-5-2)14-16(3)21-18(24)15-23-17(19(25)26)10-11-20-23/h10-11,16H,4-9,12-15H2,1-3H3,(H,21,24)(H,25,26). The summed E-state index contributed by atoms with van der Waals surface area (Å²) < 4.78 is 1.21. The smallest absolute Gasteiger partial charge is 0.354 e. The van der Waals surface area contributed by atoms with Crippen LogP contribution < -0.4 is 5.32 Å². The molecule has 7 nitrogen and oxygen atoms in total. The second kappa shape index (κ2) is 12.5. The largest absolute Gasteiger partial charge is 0.477 e. The maximum absolute atomic E-state index is 12.2. The van der Waals surface area contributed by atoms with Gasteiger partial charge in [-0.25, -0.2) is 9.48 Å². The summed E-state index contributed by atoms with van der Waals surface area (Å²) in [6, 6.07) is 1.40. The number of nitrogens with zero attached hydrogens (tertiary/aromatic N) is 3. The highest BCUT2D eigenvalue weighted by atomic mass is 16.4. The minimum Gasteiger partial charge on any atom is -0.477 e. The Balaban J connectivity index is 2.48. The number of carbonyl (C=O) groups excluding carboxylic acids is 1. The maximum Gasteiger partial charge on any atom is 0.354 e. The predicted molar refractivity (Wildman–Crippen MR) is 102 cm³/mol. The predicted octanol–water partition coefficient (Wildman–Crippen LogP) is 2.77. The first kappa shape index (κ1) is 22.2. The highest BCUT2D eigenvalue weighted by Crippen LogP contribution is 2.04. The molecule has 0 aliphatic rings. The minimum atomic E-state index is -1.08. The number of carboxylic acid groups (broad SMARTS) is 1. The third-order valence-corrected chi connectivity index (χ3v) is 4.32. The molecular formula is C19H34N4O3. The Labute approximate surface area is 156 Å². The molecule has 1 heterocycles. The van der Waals surface area contributed by atoms with E-state index in [1.54, 1.807) is 0 Å². The van der Waals surface area contributed by atoms with E-state index in [-0.39, 0.29) is 24.2 Å². The number of hydrogen-bond donors (Lipinski definition) is 2. The van der Waals surface area contributed by atoms with Crippen LogP contribution in [0.15, 0.2) is 12.3 Å². The van der Waals surface area contributed by atoms with Crippen molar-refractivity contribution in [2.45, 2.75) is 71.9 Å². The number of aromatic nitrogens is 2. The van der Waals surface area contributed by atoms with Gasteiger partial charge in [-0.1, -0.05) is 39.5 Å². The average molecular weight is 367 g/mol. The molecule has 0 aliphatic carbocycles. The van der Waals surface area contributed by atoms with Crippen molar-refractivity contribution in [3.63, 3.8) is 0 Å². The molecule has 0 aliphatic heterocycles. The van der Waals surface area contributed by atoms with Gasteiger partial charge in [0.05, 0.1) is 0 Å². The van der Waals surface area contributed by atoms with E-state index in [4.69, 9.17) is 5.11 Å². The molecule has 1 unspecified atom stereocenters. The molecule has 0 saturated heterocycles. The molecular weight excluding hydrogens is 332 g/mol. The van der Waals surface area contributed by atoms with Crippen molar-refractivity contribution in [1.82, 2.24) is 20.0 Å². The van der Waals surface area contributed by atoms with Gasteiger partial charge in [-0.15, -0.1) is 0 Å². The van der Waals surface area contributed by atoms with Crippen molar-refractivity contribution in [1.29, 1.82) is 0 Å². The fraction of sp³-hybridized carbons (Fsp3) is 0.737. The molecule has 2 N–H and O–H groups in total. The first-order valence-electron chi connectivity index (χ1n) is 9.74. The van der Waals surface area contributed by atoms with Gasteiger partial charge in [0.1, 0.15) is 12.2 Å². The SMILES string of the molecule is CCCCCN(CCCCC)CC(C)NC(=O)Cn1nccc1C(=O)O. The molecule has 1 rings (SSSR count). The molecule has 0 spiro atoms. The normalized spacial score (nSPS) is 12.3. The lowest BCUT2D eigenvalue weighted by molar-refractivity contribution is -0.122. The van der Waals surface area contributed by atoms with Crippen molar-refractivity contribution in [2.24, 2.45) is 0 Å². The van der Waals surface area contributed by atoms with E-state index in [1.807, 2.05) is 6.92 Å². The number of amides is 1. The van der Waals surface area contributed by atoms with Gasteiger partial charge >= 0.3 is 5.97 Å². The molecule has 0 fully saturated rings. The monoisotopic (exact) mass is 366 g/mol. The molecule has 0 radical (unpaired) electrons. The molecule has 1 aromatic heterocycles. The molecule has 1 aromatic rings. The lowest BCUT2D eigenvalue weighted by atomic mass is 10.2. The summed E-state index contributed by atoms with van der Waals surface area (Å²) in [4.78, 5) is 25.7. The van der Waals surface area contributed by atoms with E-state index in [0.29, 0.717) is 0 Å². The zero-order chi connectivity index (χ0) is 19.4. The van der Waals surface area contributed by atoms with E-state index < -0.39 is 5.97 Å². The number of carbonyl (C=O) groups is 2. The van der Waals surface area contributed by atoms with Gasteiger partial charge in [0.25, 0.3) is 0 Å². The number of hydrogen-bond acceptors (Lipinski definition) is 4. The Bertz CT molecular complexity index is 535. The van der Waals surface area contributed by atoms with Crippen LogP contribution in [0.2, 0.25) is 0 Å². The Morgan fingerprint density at radius 2 is 1.81 bits per heavy atom. The summed E-state index contributed by atoms with van der Waals surface area (Å²) >= 11 is 0. The Morgan fingerprint density at radius 3 is 2.35 bits per heavy atom. The zero-order valence-corrected chi connectivity index (χ0v) is 16.4. The number of nitrogens with one attached hydrogen (secondary N) is 1. The molecule has 7 heteroatoms. The van der Waals surface area contributed by atoms with Gasteiger partial charge in [0.2, 0.25) is 5.91 Å². The highest BCUT2D eigenvalue weighted by Gasteiger charge is 2.16. The van der Waals surface area contributed by atoms with Crippen LogP contribution in [0.25, 0.3) is 0 Å². The van der Waals surface area contributed by atoms with Crippen LogP contribution >= 0.6 is 0 Å². The van der Waals surface area contributed by atoms with Gasteiger partial charge in [-0.2, -0.15) is 5.10 Å². The van der Waals surface area contributed by atoms with Crippen molar-refractivity contribution in [2.75, 3.05) is 19.6 Å². The van der Waals surface area contributed by atoms with Crippen LogP contribution in [0.3, 0.4) is 0 Å². The van der Waals surface area contributed by atoms with Gasteiger partial charge in [-0.3, -0.25) is 4.79 Å². The second-order valence-electron chi connectivity index (χ2n) is 6.86. The molecule has 0 bridgehead atoms. The van der Waals surface area contributed by atoms with E-state index in [9.17, 15) is 9.59 Å². The summed E-state index contributed by atoms with van der Waals surface area (Å²) in [5.74, 6) is -1.30. The van der Waals surface area contributed by atoms with Crippen LogP contribution in [0.1, 0.15) is 69.8 Å².